The van der Waals surface area contributed by atoms with Crippen molar-refractivity contribution in [2.24, 2.45) is 5.92 Å². The summed E-state index contributed by atoms with van der Waals surface area (Å²) < 4.78 is 5.27. The van der Waals surface area contributed by atoms with Crippen LogP contribution in [0.15, 0.2) is 24.3 Å². The Kier molecular flexibility index (Phi) is 4.48. The fraction of sp³-hybridized carbons (Fsp3) is 0.600. The number of piperidine rings is 1. The molecular formula is C15H24N2O. The maximum Gasteiger partial charge on any atom is 0.120 e. The first-order chi connectivity index (χ1) is 8.70. The van der Waals surface area contributed by atoms with E-state index in [9.17, 15) is 0 Å². The number of likely N-dealkylation sites (N-methyl/N-ethyl adjacent to an activating group) is 1. The highest BCUT2D eigenvalue weighted by Gasteiger charge is 2.22. The SMILES string of the molecule is COc1cccc(N(C)CC2NCCCC2C)c1. The lowest BCUT2D eigenvalue weighted by atomic mass is 9.92. The van der Waals surface area contributed by atoms with E-state index in [1.807, 2.05) is 12.1 Å². The smallest absolute Gasteiger partial charge is 0.120 e. The Morgan fingerprint density at radius 3 is 3.00 bits per heavy atom. The second-order valence-electron chi connectivity index (χ2n) is 5.26. The van der Waals surface area contributed by atoms with Gasteiger partial charge in [0, 0.05) is 31.4 Å². The largest absolute Gasteiger partial charge is 0.497 e. The van der Waals surface area contributed by atoms with Crippen molar-refractivity contribution in [1.82, 2.24) is 5.32 Å². The van der Waals surface area contributed by atoms with Crippen LogP contribution in [0.25, 0.3) is 0 Å². The third-order valence-electron chi connectivity index (χ3n) is 3.89. The summed E-state index contributed by atoms with van der Waals surface area (Å²) in [6, 6.07) is 8.85. The summed E-state index contributed by atoms with van der Waals surface area (Å²) in [5.41, 5.74) is 1.22. The molecule has 1 aromatic rings. The van der Waals surface area contributed by atoms with Crippen LogP contribution in [0.1, 0.15) is 19.8 Å². The van der Waals surface area contributed by atoms with Crippen LogP contribution < -0.4 is 15.0 Å². The Labute approximate surface area is 110 Å². The van der Waals surface area contributed by atoms with E-state index in [2.05, 4.69) is 36.3 Å². The molecule has 18 heavy (non-hydrogen) atoms. The summed E-state index contributed by atoms with van der Waals surface area (Å²) in [6.45, 7) is 4.55. The van der Waals surface area contributed by atoms with Crippen molar-refractivity contribution in [3.8, 4) is 5.75 Å². The van der Waals surface area contributed by atoms with E-state index in [1.54, 1.807) is 7.11 Å². The second-order valence-corrected chi connectivity index (χ2v) is 5.26. The zero-order valence-electron chi connectivity index (χ0n) is 11.6. The monoisotopic (exact) mass is 248 g/mol. The molecule has 1 fully saturated rings. The molecule has 0 radical (unpaired) electrons. The van der Waals surface area contributed by atoms with Crippen LogP contribution in [-0.2, 0) is 0 Å². The van der Waals surface area contributed by atoms with Gasteiger partial charge in [0.2, 0.25) is 0 Å². The third kappa shape index (κ3) is 3.16. The minimum Gasteiger partial charge on any atom is -0.497 e. The molecule has 2 rings (SSSR count). The van der Waals surface area contributed by atoms with E-state index in [-0.39, 0.29) is 0 Å². The zero-order valence-corrected chi connectivity index (χ0v) is 11.6. The highest BCUT2D eigenvalue weighted by Crippen LogP contribution is 2.22. The number of nitrogens with one attached hydrogen (secondary N) is 1. The molecule has 1 aliphatic heterocycles. The van der Waals surface area contributed by atoms with Crippen LogP contribution >= 0.6 is 0 Å². The van der Waals surface area contributed by atoms with Gasteiger partial charge < -0.3 is 15.0 Å². The van der Waals surface area contributed by atoms with Gasteiger partial charge >= 0.3 is 0 Å². The normalized spacial score (nSPS) is 23.7. The number of anilines is 1. The van der Waals surface area contributed by atoms with Crippen LogP contribution in [0.4, 0.5) is 5.69 Å². The predicted octanol–water partition coefficient (Wildman–Crippen LogP) is 2.52. The molecule has 0 bridgehead atoms. The summed E-state index contributed by atoms with van der Waals surface area (Å²) in [6.07, 6.45) is 2.64. The summed E-state index contributed by atoms with van der Waals surface area (Å²) in [5, 5.41) is 3.63. The maximum absolute atomic E-state index is 5.27. The topological polar surface area (TPSA) is 24.5 Å². The Morgan fingerprint density at radius 1 is 1.44 bits per heavy atom. The number of ether oxygens (including phenoxy) is 1. The average molecular weight is 248 g/mol. The molecule has 0 aromatic heterocycles. The standard InChI is InChI=1S/C15H24N2O/c1-12-6-5-9-16-15(12)11-17(2)13-7-4-8-14(10-13)18-3/h4,7-8,10,12,15-16H,5-6,9,11H2,1-3H3. The van der Waals surface area contributed by atoms with Gasteiger partial charge in [0.05, 0.1) is 7.11 Å². The molecule has 0 spiro atoms. The number of nitrogens with zero attached hydrogens (tertiary/aromatic N) is 1. The number of hydrogen-bond donors (Lipinski definition) is 1. The maximum atomic E-state index is 5.27. The molecule has 3 nitrogen and oxygen atoms in total. The van der Waals surface area contributed by atoms with Gasteiger partial charge in [0.1, 0.15) is 5.75 Å². The number of rotatable bonds is 4. The summed E-state index contributed by atoms with van der Waals surface area (Å²) in [4.78, 5) is 2.31. The molecule has 2 unspecified atom stereocenters. The first-order valence-electron chi connectivity index (χ1n) is 6.79. The van der Waals surface area contributed by atoms with Crippen LogP contribution in [0, 0.1) is 5.92 Å². The average Bonchev–Trinajstić information content (AvgIpc) is 2.41. The van der Waals surface area contributed by atoms with Crippen molar-refractivity contribution in [2.75, 3.05) is 32.1 Å². The van der Waals surface area contributed by atoms with Crippen molar-refractivity contribution in [3.63, 3.8) is 0 Å². The Bertz CT molecular complexity index is 381. The van der Waals surface area contributed by atoms with Crippen molar-refractivity contribution in [1.29, 1.82) is 0 Å². The van der Waals surface area contributed by atoms with Crippen LogP contribution in [0.5, 0.6) is 5.75 Å². The number of benzene rings is 1. The van der Waals surface area contributed by atoms with E-state index in [0.29, 0.717) is 6.04 Å². The number of methoxy groups -OCH3 is 1. The zero-order chi connectivity index (χ0) is 13.0. The van der Waals surface area contributed by atoms with Gasteiger partial charge in [0.15, 0.2) is 0 Å². The van der Waals surface area contributed by atoms with E-state index in [0.717, 1.165) is 24.8 Å². The minimum atomic E-state index is 0.593. The van der Waals surface area contributed by atoms with Gasteiger partial charge in [-0.3, -0.25) is 0 Å². The van der Waals surface area contributed by atoms with E-state index in [1.165, 1.54) is 18.5 Å². The Hall–Kier alpha value is -1.22. The molecule has 3 heteroatoms. The lowest BCUT2D eigenvalue weighted by Crippen LogP contribution is -2.47. The van der Waals surface area contributed by atoms with Crippen molar-refractivity contribution in [2.45, 2.75) is 25.8 Å². The first-order valence-corrected chi connectivity index (χ1v) is 6.79. The van der Waals surface area contributed by atoms with E-state index < -0.39 is 0 Å². The molecule has 1 aromatic carbocycles. The Balaban J connectivity index is 1.99. The van der Waals surface area contributed by atoms with Gasteiger partial charge in [-0.15, -0.1) is 0 Å². The molecule has 0 aliphatic carbocycles. The fourth-order valence-corrected chi connectivity index (χ4v) is 2.61. The predicted molar refractivity (Wildman–Crippen MR) is 76.5 cm³/mol. The second kappa shape index (κ2) is 6.10. The quantitative estimate of drug-likeness (QED) is 0.886. The molecule has 2 atom stereocenters. The fourth-order valence-electron chi connectivity index (χ4n) is 2.61. The molecule has 100 valence electrons. The van der Waals surface area contributed by atoms with E-state index in [4.69, 9.17) is 4.74 Å². The lowest BCUT2D eigenvalue weighted by molar-refractivity contribution is 0.303. The van der Waals surface area contributed by atoms with Crippen molar-refractivity contribution in [3.05, 3.63) is 24.3 Å². The molecular weight excluding hydrogens is 224 g/mol. The lowest BCUT2D eigenvalue weighted by Gasteiger charge is -2.34. The highest BCUT2D eigenvalue weighted by atomic mass is 16.5. The van der Waals surface area contributed by atoms with Crippen molar-refractivity contribution >= 4 is 5.69 Å². The molecule has 1 saturated heterocycles. The van der Waals surface area contributed by atoms with Gasteiger partial charge in [-0.2, -0.15) is 0 Å². The minimum absolute atomic E-state index is 0.593. The highest BCUT2D eigenvalue weighted by molar-refractivity contribution is 5.50. The van der Waals surface area contributed by atoms with Gasteiger partial charge in [-0.05, 0) is 37.4 Å². The van der Waals surface area contributed by atoms with Gasteiger partial charge in [-0.1, -0.05) is 13.0 Å². The number of hydrogen-bond acceptors (Lipinski definition) is 3. The summed E-state index contributed by atoms with van der Waals surface area (Å²) >= 11 is 0. The van der Waals surface area contributed by atoms with E-state index >= 15 is 0 Å². The third-order valence-corrected chi connectivity index (χ3v) is 3.89. The first kappa shape index (κ1) is 13.2. The molecule has 0 saturated carbocycles. The molecule has 1 aliphatic rings. The molecule has 1 heterocycles. The van der Waals surface area contributed by atoms with Crippen LogP contribution in [-0.4, -0.2) is 33.3 Å². The van der Waals surface area contributed by atoms with Crippen LogP contribution in [0.2, 0.25) is 0 Å². The summed E-state index contributed by atoms with van der Waals surface area (Å²) in [5.74, 6) is 1.68. The summed E-state index contributed by atoms with van der Waals surface area (Å²) in [7, 11) is 3.86. The van der Waals surface area contributed by atoms with Gasteiger partial charge in [0.25, 0.3) is 0 Å². The van der Waals surface area contributed by atoms with Crippen LogP contribution in [0.3, 0.4) is 0 Å². The van der Waals surface area contributed by atoms with Crippen molar-refractivity contribution < 1.29 is 4.74 Å². The molecule has 1 N–H and O–H groups in total. The molecule has 0 amide bonds. The Morgan fingerprint density at radius 2 is 2.28 bits per heavy atom. The van der Waals surface area contributed by atoms with Gasteiger partial charge in [-0.25, -0.2) is 0 Å².